The zero-order valence-electron chi connectivity index (χ0n) is 26.5. The van der Waals surface area contributed by atoms with Gasteiger partial charge in [-0.05, 0) is 54.7 Å². The molecule has 0 radical (unpaired) electrons. The summed E-state index contributed by atoms with van der Waals surface area (Å²) in [5.74, 6) is 3.72. The summed E-state index contributed by atoms with van der Waals surface area (Å²) in [6.45, 7) is 4.48. The topological polar surface area (TPSA) is 75.2 Å². The Balaban J connectivity index is 1.88. The van der Waals surface area contributed by atoms with Gasteiger partial charge in [-0.2, -0.15) is 0 Å². The number of allylic oxidation sites excluding steroid dienone is 1. The Bertz CT molecular complexity index is 1210. The van der Waals surface area contributed by atoms with E-state index in [2.05, 4.69) is 19.2 Å². The van der Waals surface area contributed by atoms with Crippen molar-refractivity contribution < 1.29 is 28.5 Å². The number of carbonyl (C=O) groups excluding carboxylic acids is 1. The lowest BCUT2D eigenvalue weighted by Gasteiger charge is -2.27. The highest BCUT2D eigenvalue weighted by atomic mass is 16.5. The van der Waals surface area contributed by atoms with Crippen molar-refractivity contribution in [1.82, 2.24) is 0 Å². The Morgan fingerprint density at radius 2 is 1.40 bits per heavy atom. The Morgan fingerprint density at radius 3 is 2.05 bits per heavy atom. The molecule has 1 fully saturated rings. The molecule has 0 spiro atoms. The fraction of sp³-hybridized carbons (Fsp3) is 0.514. The van der Waals surface area contributed by atoms with Gasteiger partial charge in [-0.3, -0.25) is 4.79 Å². The molecular formula is C35H49NO6. The van der Waals surface area contributed by atoms with E-state index >= 15 is 0 Å². The maximum atomic E-state index is 13.6. The van der Waals surface area contributed by atoms with Gasteiger partial charge in [-0.25, -0.2) is 0 Å². The zero-order chi connectivity index (χ0) is 30.5. The maximum Gasteiger partial charge on any atom is 0.203 e. The van der Waals surface area contributed by atoms with Gasteiger partial charge in [-0.15, -0.1) is 0 Å². The highest BCUT2D eigenvalue weighted by molar-refractivity contribution is 5.95. The van der Waals surface area contributed by atoms with Crippen molar-refractivity contribution in [3.63, 3.8) is 0 Å². The first-order valence-electron chi connectivity index (χ1n) is 15.0. The molecule has 0 saturated heterocycles. The molecule has 0 aliphatic heterocycles. The monoisotopic (exact) mass is 579 g/mol. The Kier molecular flexibility index (Phi) is 12.6. The summed E-state index contributed by atoms with van der Waals surface area (Å²) >= 11 is 0. The lowest BCUT2D eigenvalue weighted by Crippen LogP contribution is -2.26. The van der Waals surface area contributed by atoms with Gasteiger partial charge in [0.05, 0.1) is 41.2 Å². The van der Waals surface area contributed by atoms with Crippen molar-refractivity contribution in [1.29, 1.82) is 0 Å². The molecular weight excluding hydrogens is 530 g/mol. The zero-order valence-corrected chi connectivity index (χ0v) is 26.5. The van der Waals surface area contributed by atoms with Crippen molar-refractivity contribution in [3.8, 4) is 28.7 Å². The van der Waals surface area contributed by atoms with Crippen molar-refractivity contribution >= 4 is 23.6 Å². The SMILES string of the molecule is COc1cc(/C=C\c2ccc(OC)c(OC)c2N/C=C\C(=O)[C@]2(C)CCCCCCC(C)CCC2)cc(OC)c1OC. The number of hydrogen-bond donors (Lipinski definition) is 1. The van der Waals surface area contributed by atoms with E-state index in [0.717, 1.165) is 42.7 Å². The summed E-state index contributed by atoms with van der Waals surface area (Å²) < 4.78 is 27.8. The van der Waals surface area contributed by atoms with Crippen LogP contribution in [0.1, 0.15) is 82.8 Å². The van der Waals surface area contributed by atoms with E-state index in [0.29, 0.717) is 34.4 Å². The third-order valence-corrected chi connectivity index (χ3v) is 8.38. The molecule has 2 atom stereocenters. The maximum absolute atomic E-state index is 13.6. The van der Waals surface area contributed by atoms with Crippen LogP contribution in [0.4, 0.5) is 5.69 Å². The first-order chi connectivity index (χ1) is 20.3. The number of benzene rings is 2. The summed E-state index contributed by atoms with van der Waals surface area (Å²) in [6.07, 6.45) is 17.6. The van der Waals surface area contributed by atoms with Crippen molar-refractivity contribution in [2.45, 2.75) is 71.6 Å². The highest BCUT2D eigenvalue weighted by Gasteiger charge is 2.30. The van der Waals surface area contributed by atoms with E-state index in [1.54, 1.807) is 47.8 Å². The number of anilines is 1. The molecule has 1 aliphatic carbocycles. The van der Waals surface area contributed by atoms with Gasteiger partial charge >= 0.3 is 0 Å². The minimum absolute atomic E-state index is 0.165. The number of ketones is 1. The summed E-state index contributed by atoms with van der Waals surface area (Å²) in [4.78, 5) is 13.6. The average molecular weight is 580 g/mol. The van der Waals surface area contributed by atoms with E-state index in [4.69, 9.17) is 23.7 Å². The van der Waals surface area contributed by atoms with Gasteiger partial charge in [-0.1, -0.05) is 70.9 Å². The van der Waals surface area contributed by atoms with E-state index in [1.807, 2.05) is 36.4 Å². The minimum atomic E-state index is -0.351. The third kappa shape index (κ3) is 8.46. The van der Waals surface area contributed by atoms with Crippen LogP contribution in [0.25, 0.3) is 12.2 Å². The molecule has 0 aromatic heterocycles. The molecule has 42 heavy (non-hydrogen) atoms. The fourth-order valence-corrected chi connectivity index (χ4v) is 5.73. The third-order valence-electron chi connectivity index (χ3n) is 8.38. The predicted molar refractivity (Wildman–Crippen MR) is 171 cm³/mol. The molecule has 7 heteroatoms. The van der Waals surface area contributed by atoms with E-state index in [9.17, 15) is 4.79 Å². The van der Waals surface area contributed by atoms with E-state index < -0.39 is 0 Å². The van der Waals surface area contributed by atoms with Crippen LogP contribution in [-0.4, -0.2) is 41.3 Å². The number of hydrogen-bond acceptors (Lipinski definition) is 7. The van der Waals surface area contributed by atoms with Crippen LogP contribution in [0.2, 0.25) is 0 Å². The van der Waals surface area contributed by atoms with Gasteiger partial charge < -0.3 is 29.0 Å². The molecule has 0 bridgehead atoms. The molecule has 2 aromatic carbocycles. The van der Waals surface area contributed by atoms with Crippen LogP contribution in [0.3, 0.4) is 0 Å². The van der Waals surface area contributed by atoms with Crippen LogP contribution in [0.5, 0.6) is 28.7 Å². The summed E-state index contributed by atoms with van der Waals surface area (Å²) in [5, 5.41) is 3.33. The van der Waals surface area contributed by atoms with Gasteiger partial charge in [0, 0.05) is 17.2 Å². The normalized spacial score (nSPS) is 20.1. The molecule has 0 heterocycles. The number of methoxy groups -OCH3 is 5. The quantitative estimate of drug-likeness (QED) is 0.211. The molecule has 1 aliphatic rings. The molecule has 1 N–H and O–H groups in total. The second kappa shape index (κ2) is 16.1. The van der Waals surface area contributed by atoms with Crippen molar-refractivity contribution in [2.24, 2.45) is 11.3 Å². The number of nitrogens with one attached hydrogen (secondary N) is 1. The number of carbonyl (C=O) groups is 1. The second-order valence-corrected chi connectivity index (χ2v) is 11.4. The van der Waals surface area contributed by atoms with E-state index in [1.165, 1.54) is 32.1 Å². The van der Waals surface area contributed by atoms with Crippen LogP contribution < -0.4 is 29.0 Å². The molecule has 7 nitrogen and oxygen atoms in total. The lowest BCUT2D eigenvalue weighted by molar-refractivity contribution is -0.123. The predicted octanol–water partition coefficient (Wildman–Crippen LogP) is 8.56. The highest BCUT2D eigenvalue weighted by Crippen LogP contribution is 2.41. The minimum Gasteiger partial charge on any atom is -0.493 e. The van der Waals surface area contributed by atoms with Gasteiger partial charge in [0.1, 0.15) is 0 Å². The Morgan fingerprint density at radius 1 is 0.786 bits per heavy atom. The number of ether oxygens (including phenoxy) is 5. The van der Waals surface area contributed by atoms with Gasteiger partial charge in [0.2, 0.25) is 5.75 Å². The summed E-state index contributed by atoms with van der Waals surface area (Å²) in [6, 6.07) is 7.57. The second-order valence-electron chi connectivity index (χ2n) is 11.4. The number of rotatable bonds is 11. The van der Waals surface area contributed by atoms with E-state index in [-0.39, 0.29) is 11.2 Å². The van der Waals surface area contributed by atoms with Gasteiger partial charge in [0.15, 0.2) is 28.8 Å². The largest absolute Gasteiger partial charge is 0.493 e. The molecule has 230 valence electrons. The molecule has 1 unspecified atom stereocenters. The summed E-state index contributed by atoms with van der Waals surface area (Å²) in [5.41, 5.74) is 2.07. The summed E-state index contributed by atoms with van der Waals surface area (Å²) in [7, 11) is 7.98. The van der Waals surface area contributed by atoms with Gasteiger partial charge in [0.25, 0.3) is 0 Å². The molecule has 3 rings (SSSR count). The Hall–Kier alpha value is -3.61. The fourth-order valence-electron chi connectivity index (χ4n) is 5.73. The first-order valence-corrected chi connectivity index (χ1v) is 15.0. The average Bonchev–Trinajstić information content (AvgIpc) is 3.04. The van der Waals surface area contributed by atoms with Crippen LogP contribution in [-0.2, 0) is 4.79 Å². The Labute approximate surface area is 252 Å². The molecule has 2 aromatic rings. The van der Waals surface area contributed by atoms with Crippen molar-refractivity contribution in [3.05, 3.63) is 47.7 Å². The lowest BCUT2D eigenvalue weighted by atomic mass is 9.76. The smallest absolute Gasteiger partial charge is 0.203 e. The van der Waals surface area contributed by atoms with Crippen molar-refractivity contribution in [2.75, 3.05) is 40.9 Å². The molecule has 1 saturated carbocycles. The van der Waals surface area contributed by atoms with Crippen LogP contribution in [0.15, 0.2) is 36.5 Å². The van der Waals surface area contributed by atoms with Crippen LogP contribution >= 0.6 is 0 Å². The molecule has 0 amide bonds. The standard InChI is InChI=1S/C35H49NO6/c1-25-13-10-8-9-11-20-35(2,21-12-14-25)31(37)19-22-36-32-27(17-18-28(38-3)34(32)42-7)16-15-26-23-29(39-4)33(41-6)30(24-26)40-5/h15-19,22-25,36H,8-14,20-21H2,1-7H3/b16-15-,22-19-/t25?,35-/m1/s1. The van der Waals surface area contributed by atoms with Crippen LogP contribution in [0, 0.1) is 11.3 Å². The first kappa shape index (κ1) is 32.9.